The Bertz CT molecular complexity index is 1520. The van der Waals surface area contributed by atoms with Crippen LogP contribution in [-0.2, 0) is 29.8 Å². The molecule has 3 aromatic carbocycles. The quantitative estimate of drug-likeness (QED) is 0.311. The Kier molecular flexibility index (Phi) is 8.60. The largest absolute Gasteiger partial charge is 0.495 e. The van der Waals surface area contributed by atoms with Crippen molar-refractivity contribution in [1.82, 2.24) is 0 Å². The number of anilines is 2. The Morgan fingerprint density at radius 3 is 2.20 bits per heavy atom. The molecule has 1 fully saturated rings. The number of ether oxygens (including phenoxy) is 3. The molecule has 0 saturated heterocycles. The van der Waals surface area contributed by atoms with E-state index >= 15 is 0 Å². The van der Waals surface area contributed by atoms with Gasteiger partial charge in [-0.3, -0.25) is 13.9 Å². The van der Waals surface area contributed by atoms with E-state index in [4.69, 9.17) is 25.8 Å². The van der Waals surface area contributed by atoms with Crippen molar-refractivity contribution in [3.05, 3.63) is 76.8 Å². The zero-order valence-electron chi connectivity index (χ0n) is 22.7. The molecule has 11 heteroatoms. The molecular formula is C29H31ClN2O7S. The fourth-order valence-electron chi connectivity index (χ4n) is 4.44. The lowest BCUT2D eigenvalue weighted by atomic mass is 9.96. The highest BCUT2D eigenvalue weighted by molar-refractivity contribution is 7.93. The van der Waals surface area contributed by atoms with Gasteiger partial charge < -0.3 is 19.5 Å². The minimum Gasteiger partial charge on any atom is -0.495 e. The molecule has 212 valence electrons. The molecule has 0 atom stereocenters. The summed E-state index contributed by atoms with van der Waals surface area (Å²) in [5, 5.41) is 2.93. The number of nitrogens with zero attached hydrogens (tertiary/aromatic N) is 1. The minimum atomic E-state index is -4.28. The average molecular weight is 587 g/mol. The van der Waals surface area contributed by atoms with E-state index in [1.54, 1.807) is 50.2 Å². The van der Waals surface area contributed by atoms with E-state index in [9.17, 15) is 18.0 Å². The summed E-state index contributed by atoms with van der Waals surface area (Å²) in [5.74, 6) is -0.336. The Hall–Kier alpha value is -3.76. The predicted molar refractivity (Wildman–Crippen MR) is 153 cm³/mol. The number of carbonyl (C=O) groups is 2. The Labute approximate surface area is 239 Å². The summed E-state index contributed by atoms with van der Waals surface area (Å²) in [4.78, 5) is 25.5. The van der Waals surface area contributed by atoms with Gasteiger partial charge in [0, 0.05) is 5.69 Å². The number of amides is 1. The van der Waals surface area contributed by atoms with Gasteiger partial charge in [-0.2, -0.15) is 0 Å². The van der Waals surface area contributed by atoms with E-state index < -0.39 is 27.9 Å². The van der Waals surface area contributed by atoms with Crippen LogP contribution in [0.15, 0.2) is 65.6 Å². The van der Waals surface area contributed by atoms with Gasteiger partial charge in [0.15, 0.2) is 0 Å². The number of sulfonamides is 1. The van der Waals surface area contributed by atoms with Crippen LogP contribution in [-0.4, -0.2) is 47.7 Å². The molecule has 0 bridgehead atoms. The monoisotopic (exact) mass is 586 g/mol. The third-order valence-electron chi connectivity index (χ3n) is 6.74. The molecule has 1 N–H and O–H groups in total. The number of benzene rings is 3. The van der Waals surface area contributed by atoms with E-state index in [-0.39, 0.29) is 27.3 Å². The SMILES string of the molecule is CCOC(=O)C1(c2ccc(NC(=O)CN(c3ccc(OC)c(Cl)c3)S(=O)(=O)c3cc(C)ccc3OC)cc2)CC1. The van der Waals surface area contributed by atoms with Crippen LogP contribution in [0.1, 0.15) is 30.9 Å². The van der Waals surface area contributed by atoms with Gasteiger partial charge in [0.25, 0.3) is 10.0 Å². The van der Waals surface area contributed by atoms with Crippen LogP contribution in [0.25, 0.3) is 0 Å². The van der Waals surface area contributed by atoms with Crippen molar-refractivity contribution < 1.29 is 32.2 Å². The Morgan fingerprint density at radius 2 is 1.62 bits per heavy atom. The van der Waals surface area contributed by atoms with Crippen LogP contribution >= 0.6 is 11.6 Å². The standard InChI is InChI=1S/C29H31ClN2O7S/c1-5-39-28(34)29(14-15-29)20-7-9-21(10-8-20)31-27(33)18-32(22-11-13-24(37-3)23(30)17-22)40(35,36)26-16-19(2)6-12-25(26)38-4/h6-13,16-17H,5,14-15,18H2,1-4H3,(H,31,33). The summed E-state index contributed by atoms with van der Waals surface area (Å²) >= 11 is 6.31. The maximum Gasteiger partial charge on any atom is 0.316 e. The second-order valence-corrected chi connectivity index (χ2v) is 11.7. The van der Waals surface area contributed by atoms with Crippen LogP contribution in [0.2, 0.25) is 5.02 Å². The highest BCUT2D eigenvalue weighted by Crippen LogP contribution is 2.49. The Balaban J connectivity index is 1.62. The second-order valence-electron chi connectivity index (χ2n) is 9.41. The van der Waals surface area contributed by atoms with Crippen molar-refractivity contribution in [2.45, 2.75) is 37.0 Å². The van der Waals surface area contributed by atoms with Gasteiger partial charge >= 0.3 is 5.97 Å². The van der Waals surface area contributed by atoms with E-state index in [0.717, 1.165) is 9.87 Å². The van der Waals surface area contributed by atoms with Crippen molar-refractivity contribution in [2.24, 2.45) is 0 Å². The van der Waals surface area contributed by atoms with Crippen LogP contribution in [0.4, 0.5) is 11.4 Å². The molecular weight excluding hydrogens is 556 g/mol. The minimum absolute atomic E-state index is 0.0900. The van der Waals surface area contributed by atoms with Crippen molar-refractivity contribution >= 4 is 44.9 Å². The van der Waals surface area contributed by atoms with Crippen molar-refractivity contribution in [3.8, 4) is 11.5 Å². The van der Waals surface area contributed by atoms with Crippen molar-refractivity contribution in [1.29, 1.82) is 0 Å². The summed E-state index contributed by atoms with van der Waals surface area (Å²) < 4.78 is 44.6. The number of hydrogen-bond donors (Lipinski definition) is 1. The predicted octanol–water partition coefficient (Wildman–Crippen LogP) is 5.09. The Morgan fingerprint density at radius 1 is 0.975 bits per heavy atom. The third-order valence-corrected chi connectivity index (χ3v) is 8.83. The van der Waals surface area contributed by atoms with Gasteiger partial charge in [0.05, 0.1) is 37.0 Å². The zero-order chi connectivity index (χ0) is 29.1. The maximum atomic E-state index is 13.9. The molecule has 0 spiro atoms. The molecule has 0 heterocycles. The number of methoxy groups -OCH3 is 2. The van der Waals surface area contributed by atoms with E-state index in [2.05, 4.69) is 5.32 Å². The van der Waals surface area contributed by atoms with Crippen LogP contribution in [0, 0.1) is 6.92 Å². The first-order chi connectivity index (χ1) is 19.0. The zero-order valence-corrected chi connectivity index (χ0v) is 24.3. The molecule has 0 aliphatic heterocycles. The number of hydrogen-bond acceptors (Lipinski definition) is 7. The van der Waals surface area contributed by atoms with E-state index in [1.165, 1.54) is 38.5 Å². The van der Waals surface area contributed by atoms with Crippen molar-refractivity contribution in [2.75, 3.05) is 37.0 Å². The number of rotatable bonds is 11. The topological polar surface area (TPSA) is 111 Å². The first kappa shape index (κ1) is 29.2. The van der Waals surface area contributed by atoms with Gasteiger partial charge in [-0.1, -0.05) is 29.8 Å². The molecule has 1 aliphatic carbocycles. The van der Waals surface area contributed by atoms with E-state index in [0.29, 0.717) is 36.4 Å². The highest BCUT2D eigenvalue weighted by atomic mass is 35.5. The van der Waals surface area contributed by atoms with Gasteiger partial charge in [-0.25, -0.2) is 8.42 Å². The summed E-state index contributed by atoms with van der Waals surface area (Å²) in [7, 11) is -1.45. The molecule has 9 nitrogen and oxygen atoms in total. The van der Waals surface area contributed by atoms with E-state index in [1.807, 2.05) is 0 Å². The lowest BCUT2D eigenvalue weighted by Crippen LogP contribution is -2.38. The van der Waals surface area contributed by atoms with Gasteiger partial charge in [-0.05, 0) is 80.3 Å². The van der Waals surface area contributed by atoms with Gasteiger partial charge in [0.1, 0.15) is 22.9 Å². The average Bonchev–Trinajstić information content (AvgIpc) is 3.74. The number of carbonyl (C=O) groups excluding carboxylic acids is 2. The summed E-state index contributed by atoms with van der Waals surface area (Å²) in [6.45, 7) is 3.29. The molecule has 4 rings (SSSR count). The second kappa shape index (κ2) is 11.8. The molecule has 1 aliphatic rings. The molecule has 0 radical (unpaired) electrons. The number of esters is 1. The first-order valence-corrected chi connectivity index (χ1v) is 14.5. The number of nitrogens with one attached hydrogen (secondary N) is 1. The fourth-order valence-corrected chi connectivity index (χ4v) is 6.35. The molecule has 40 heavy (non-hydrogen) atoms. The molecule has 3 aromatic rings. The van der Waals surface area contributed by atoms with Crippen molar-refractivity contribution in [3.63, 3.8) is 0 Å². The fraction of sp³-hybridized carbons (Fsp3) is 0.310. The first-order valence-electron chi connectivity index (χ1n) is 12.6. The smallest absolute Gasteiger partial charge is 0.316 e. The molecule has 1 saturated carbocycles. The summed E-state index contributed by atoms with van der Waals surface area (Å²) in [6, 6.07) is 16.1. The third kappa shape index (κ3) is 5.88. The van der Waals surface area contributed by atoms with Gasteiger partial charge in [-0.15, -0.1) is 0 Å². The number of aryl methyl sites for hydroxylation is 1. The lowest BCUT2D eigenvalue weighted by molar-refractivity contribution is -0.146. The van der Waals surface area contributed by atoms with Gasteiger partial charge in [0.2, 0.25) is 5.91 Å². The van der Waals surface area contributed by atoms with Crippen LogP contribution < -0.4 is 19.1 Å². The molecule has 0 aromatic heterocycles. The molecule has 1 amide bonds. The maximum absolute atomic E-state index is 13.9. The summed E-state index contributed by atoms with van der Waals surface area (Å²) in [6.07, 6.45) is 1.41. The summed E-state index contributed by atoms with van der Waals surface area (Å²) in [5.41, 5.74) is 1.50. The lowest BCUT2D eigenvalue weighted by Gasteiger charge is -2.25. The number of halogens is 1. The van der Waals surface area contributed by atoms with Crippen LogP contribution in [0.3, 0.4) is 0 Å². The van der Waals surface area contributed by atoms with Crippen LogP contribution in [0.5, 0.6) is 11.5 Å². The normalized spacial score (nSPS) is 13.7. The molecule has 0 unspecified atom stereocenters. The highest BCUT2D eigenvalue weighted by Gasteiger charge is 2.52.